The molecule has 0 spiro atoms. The van der Waals surface area contributed by atoms with Crippen molar-refractivity contribution in [2.75, 3.05) is 11.4 Å². The van der Waals surface area contributed by atoms with E-state index in [0.717, 1.165) is 57.1 Å². The van der Waals surface area contributed by atoms with Gasteiger partial charge in [0.25, 0.3) is 0 Å². The zero-order valence-corrected chi connectivity index (χ0v) is 17.4. The van der Waals surface area contributed by atoms with Crippen molar-refractivity contribution in [3.05, 3.63) is 57.3 Å². The second kappa shape index (κ2) is 8.63. The highest BCUT2D eigenvalue weighted by atomic mass is 32.1. The summed E-state index contributed by atoms with van der Waals surface area (Å²) in [6.07, 6.45) is 8.65. The normalized spacial score (nSPS) is 26.8. The summed E-state index contributed by atoms with van der Waals surface area (Å²) in [5, 5.41) is 13.6. The molecule has 0 radical (unpaired) electrons. The van der Waals surface area contributed by atoms with Gasteiger partial charge in [0.05, 0.1) is 11.1 Å². The summed E-state index contributed by atoms with van der Waals surface area (Å²) < 4.78 is 0. The first-order chi connectivity index (χ1) is 13.7. The molecule has 1 fully saturated rings. The Bertz CT molecular complexity index is 829. The van der Waals surface area contributed by atoms with E-state index in [1.54, 1.807) is 11.3 Å². The first-order valence-electron chi connectivity index (χ1n) is 10.5. The maximum Gasteiger partial charge on any atom is 0.245 e. The highest BCUT2D eigenvalue weighted by Crippen LogP contribution is 2.42. The molecule has 0 bridgehead atoms. The van der Waals surface area contributed by atoms with Gasteiger partial charge in [-0.1, -0.05) is 13.0 Å². The van der Waals surface area contributed by atoms with Crippen LogP contribution in [0.5, 0.6) is 0 Å². The van der Waals surface area contributed by atoms with Crippen LogP contribution < -0.4 is 4.90 Å². The molecule has 2 heterocycles. The molecule has 1 saturated heterocycles. The Hall–Kier alpha value is -1.90. The van der Waals surface area contributed by atoms with E-state index in [9.17, 15) is 5.11 Å². The zero-order chi connectivity index (χ0) is 19.5. The van der Waals surface area contributed by atoms with Gasteiger partial charge < -0.3 is 14.9 Å². The number of fused-ring (bicyclic) bond motifs is 1. The Kier molecular flexibility index (Phi) is 5.99. The van der Waals surface area contributed by atoms with Gasteiger partial charge >= 0.3 is 0 Å². The Morgan fingerprint density at radius 2 is 2.18 bits per heavy atom. The highest BCUT2D eigenvalue weighted by molar-refractivity contribution is 7.09. The van der Waals surface area contributed by atoms with Crippen molar-refractivity contribution in [3.63, 3.8) is 0 Å². The van der Waals surface area contributed by atoms with Crippen LogP contribution in [0.1, 0.15) is 73.6 Å². The van der Waals surface area contributed by atoms with Gasteiger partial charge in [-0.05, 0) is 67.7 Å². The Labute approximate surface area is 172 Å². The Morgan fingerprint density at radius 3 is 2.93 bits per heavy atom. The van der Waals surface area contributed by atoms with Gasteiger partial charge in [-0.2, -0.15) is 0 Å². The van der Waals surface area contributed by atoms with Crippen LogP contribution in [0.4, 0.5) is 5.69 Å². The van der Waals surface area contributed by atoms with Crippen LogP contribution in [0.2, 0.25) is 0 Å². The molecule has 2 aromatic rings. The highest BCUT2D eigenvalue weighted by Gasteiger charge is 2.39. The number of thiazole rings is 1. The maximum atomic E-state index is 10.4. The number of aliphatic hydroxyl groups excluding tert-OH is 1. The van der Waals surface area contributed by atoms with E-state index >= 15 is 0 Å². The number of aromatic nitrogens is 1. The van der Waals surface area contributed by atoms with Gasteiger partial charge in [0.15, 0.2) is 0 Å². The van der Waals surface area contributed by atoms with E-state index in [1.807, 2.05) is 11.6 Å². The first-order valence-corrected chi connectivity index (χ1v) is 11.4. The van der Waals surface area contributed by atoms with Gasteiger partial charge in [0.1, 0.15) is 6.04 Å². The maximum absolute atomic E-state index is 10.4. The third-order valence-corrected chi connectivity index (χ3v) is 7.37. The van der Waals surface area contributed by atoms with E-state index in [4.69, 9.17) is 6.57 Å². The lowest BCUT2D eigenvalue weighted by molar-refractivity contribution is 0.150. The number of rotatable bonds is 6. The first kappa shape index (κ1) is 19.4. The lowest BCUT2D eigenvalue weighted by Gasteiger charge is -2.32. The van der Waals surface area contributed by atoms with Crippen molar-refractivity contribution in [3.8, 4) is 0 Å². The van der Waals surface area contributed by atoms with Gasteiger partial charge in [0.2, 0.25) is 6.04 Å². The van der Waals surface area contributed by atoms with Crippen molar-refractivity contribution < 1.29 is 5.11 Å². The molecule has 4 unspecified atom stereocenters. The average molecular weight is 396 g/mol. The molecule has 1 aliphatic carbocycles. The van der Waals surface area contributed by atoms with E-state index in [1.165, 1.54) is 16.3 Å². The van der Waals surface area contributed by atoms with Crippen LogP contribution >= 0.6 is 11.3 Å². The predicted molar refractivity (Wildman–Crippen MR) is 115 cm³/mol. The van der Waals surface area contributed by atoms with Crippen molar-refractivity contribution in [1.82, 2.24) is 4.98 Å². The fourth-order valence-electron chi connectivity index (χ4n) is 4.99. The standard InChI is InChI=1S/C23H29N3OS/c1-3-16-7-10-22(27)18-9-8-17(15-19(16)18)26-13-11-20(24-2)21(26)5-4-6-23-25-12-14-28-23/h8-9,12,14-16,20-22,27H,3-7,10-11,13H2,1H3. The summed E-state index contributed by atoms with van der Waals surface area (Å²) in [4.78, 5) is 10.8. The minimum absolute atomic E-state index is 0.0832. The molecular weight excluding hydrogens is 366 g/mol. The number of anilines is 1. The molecule has 4 atom stereocenters. The molecule has 4 nitrogen and oxygen atoms in total. The summed E-state index contributed by atoms with van der Waals surface area (Å²) in [5.74, 6) is 0.543. The van der Waals surface area contributed by atoms with Crippen molar-refractivity contribution in [2.45, 2.75) is 76.0 Å². The summed E-state index contributed by atoms with van der Waals surface area (Å²) in [6, 6.07) is 6.98. The molecule has 1 aliphatic heterocycles. The van der Waals surface area contributed by atoms with E-state index in [2.05, 4.69) is 39.9 Å². The number of benzene rings is 1. The monoisotopic (exact) mass is 395 g/mol. The largest absolute Gasteiger partial charge is 0.388 e. The predicted octanol–water partition coefficient (Wildman–Crippen LogP) is 5.35. The third-order valence-electron chi connectivity index (χ3n) is 6.53. The number of nitrogens with zero attached hydrogens (tertiary/aromatic N) is 3. The fraction of sp³-hybridized carbons (Fsp3) is 0.565. The molecule has 1 N–H and O–H groups in total. The number of hydrogen-bond acceptors (Lipinski definition) is 4. The van der Waals surface area contributed by atoms with E-state index in [-0.39, 0.29) is 18.2 Å². The van der Waals surface area contributed by atoms with Crippen LogP contribution in [-0.2, 0) is 6.42 Å². The van der Waals surface area contributed by atoms with E-state index in [0.29, 0.717) is 5.92 Å². The van der Waals surface area contributed by atoms with Crippen LogP contribution in [0, 0.1) is 6.57 Å². The lowest BCUT2D eigenvalue weighted by atomic mass is 9.79. The summed E-state index contributed by atoms with van der Waals surface area (Å²) in [6.45, 7) is 10.8. The molecule has 4 rings (SSSR count). The quantitative estimate of drug-likeness (QED) is 0.670. The number of hydrogen-bond donors (Lipinski definition) is 1. The second-order valence-electron chi connectivity index (χ2n) is 8.08. The van der Waals surface area contributed by atoms with Crippen LogP contribution in [-0.4, -0.2) is 28.7 Å². The third kappa shape index (κ3) is 3.81. The Morgan fingerprint density at radius 1 is 1.29 bits per heavy atom. The van der Waals surface area contributed by atoms with Gasteiger partial charge in [-0.15, -0.1) is 11.3 Å². The summed E-state index contributed by atoms with van der Waals surface area (Å²) in [7, 11) is 0. The summed E-state index contributed by atoms with van der Waals surface area (Å²) in [5.41, 5.74) is 3.67. The Balaban J connectivity index is 1.53. The van der Waals surface area contributed by atoms with E-state index < -0.39 is 0 Å². The lowest BCUT2D eigenvalue weighted by Crippen LogP contribution is -2.34. The van der Waals surface area contributed by atoms with Gasteiger partial charge in [-0.25, -0.2) is 11.6 Å². The van der Waals surface area contributed by atoms with Crippen LogP contribution in [0.15, 0.2) is 29.8 Å². The topological polar surface area (TPSA) is 40.7 Å². The van der Waals surface area contributed by atoms with Crippen molar-refractivity contribution >= 4 is 17.0 Å². The molecule has 0 amide bonds. The minimum atomic E-state index is -0.324. The number of aliphatic hydroxyl groups is 1. The number of aryl methyl sites for hydroxylation is 1. The average Bonchev–Trinajstić information content (AvgIpc) is 3.38. The molecule has 1 aromatic carbocycles. The SMILES string of the molecule is [C-]#[N+]C1CCN(c2ccc3c(c2)C(CC)CCC3O)C1CCCc1nccs1. The summed E-state index contributed by atoms with van der Waals surface area (Å²) >= 11 is 1.72. The smallest absolute Gasteiger partial charge is 0.245 e. The van der Waals surface area contributed by atoms with Gasteiger partial charge in [-0.3, -0.25) is 0 Å². The zero-order valence-electron chi connectivity index (χ0n) is 16.6. The second-order valence-corrected chi connectivity index (χ2v) is 9.05. The van der Waals surface area contributed by atoms with Crippen molar-refractivity contribution in [2.24, 2.45) is 0 Å². The molecule has 148 valence electrons. The van der Waals surface area contributed by atoms with Crippen LogP contribution in [0.25, 0.3) is 4.85 Å². The molecular formula is C23H29N3OS. The fourth-order valence-corrected chi connectivity index (χ4v) is 5.65. The molecule has 0 saturated carbocycles. The molecule has 2 aliphatic rings. The minimum Gasteiger partial charge on any atom is -0.388 e. The molecule has 28 heavy (non-hydrogen) atoms. The molecule has 5 heteroatoms. The van der Waals surface area contributed by atoms with Gasteiger partial charge in [0, 0.05) is 30.2 Å². The molecule has 1 aromatic heterocycles. The van der Waals surface area contributed by atoms with Crippen LogP contribution in [0.3, 0.4) is 0 Å². The van der Waals surface area contributed by atoms with Crippen molar-refractivity contribution in [1.29, 1.82) is 0 Å².